The molecule has 1 aliphatic carbocycles. The molecule has 1 fully saturated rings. The Morgan fingerprint density at radius 3 is 1.89 bits per heavy atom. The van der Waals surface area contributed by atoms with Gasteiger partial charge in [0.25, 0.3) is 0 Å². The van der Waals surface area contributed by atoms with Crippen molar-refractivity contribution in [2.45, 2.75) is 77.8 Å². The van der Waals surface area contributed by atoms with Crippen LogP contribution in [0.15, 0.2) is 0 Å². The van der Waals surface area contributed by atoms with E-state index in [2.05, 4.69) is 45.0 Å². The molecule has 1 aliphatic rings. The van der Waals surface area contributed by atoms with Crippen LogP contribution < -0.4 is 5.32 Å². The van der Waals surface area contributed by atoms with Gasteiger partial charge < -0.3 is 5.32 Å². The van der Waals surface area contributed by atoms with Crippen LogP contribution in [0.2, 0.25) is 0 Å². The van der Waals surface area contributed by atoms with Crippen molar-refractivity contribution in [3.05, 3.63) is 0 Å². The second-order valence-electron chi connectivity index (χ2n) is 5.79. The maximum absolute atomic E-state index is 3.69. The molecule has 0 amide bonds. The molecule has 2 heteroatoms. The van der Waals surface area contributed by atoms with E-state index in [-0.39, 0.29) is 0 Å². The molecule has 1 unspecified atom stereocenters. The maximum atomic E-state index is 3.69. The molecule has 0 aromatic heterocycles. The van der Waals surface area contributed by atoms with Crippen molar-refractivity contribution >= 4 is 0 Å². The minimum absolute atomic E-state index is 0.354. The van der Waals surface area contributed by atoms with Gasteiger partial charge in [-0.2, -0.15) is 0 Å². The zero-order valence-electron chi connectivity index (χ0n) is 13.3. The SMILES string of the molecule is CCN(CC)C(CC)(CC)C(NC)C1CCCC1. The number of hydrogen-bond acceptors (Lipinski definition) is 2. The Bertz CT molecular complexity index is 213. The van der Waals surface area contributed by atoms with E-state index in [1.165, 1.54) is 51.6 Å². The molecule has 0 bridgehead atoms. The molecule has 0 heterocycles. The molecule has 1 N–H and O–H groups in total. The summed E-state index contributed by atoms with van der Waals surface area (Å²) in [4.78, 5) is 2.70. The quantitative estimate of drug-likeness (QED) is 0.711. The summed E-state index contributed by atoms with van der Waals surface area (Å²) in [6.07, 6.45) is 8.23. The van der Waals surface area contributed by atoms with Gasteiger partial charge >= 0.3 is 0 Å². The van der Waals surface area contributed by atoms with E-state index in [9.17, 15) is 0 Å². The minimum Gasteiger partial charge on any atom is -0.315 e. The second kappa shape index (κ2) is 7.49. The summed E-state index contributed by atoms with van der Waals surface area (Å²) in [6, 6.07) is 0.662. The molecule has 1 atom stereocenters. The highest BCUT2D eigenvalue weighted by molar-refractivity contribution is 5.02. The van der Waals surface area contributed by atoms with Crippen molar-refractivity contribution in [3.63, 3.8) is 0 Å². The monoisotopic (exact) mass is 254 g/mol. The molecule has 108 valence electrons. The fourth-order valence-electron chi connectivity index (χ4n) is 4.42. The first-order chi connectivity index (χ1) is 8.69. The lowest BCUT2D eigenvalue weighted by Gasteiger charge is -2.50. The van der Waals surface area contributed by atoms with E-state index in [4.69, 9.17) is 0 Å². The van der Waals surface area contributed by atoms with Gasteiger partial charge in [-0.1, -0.05) is 40.5 Å². The Labute approximate surface area is 115 Å². The molecule has 1 rings (SSSR count). The molecule has 0 aromatic rings. The zero-order valence-corrected chi connectivity index (χ0v) is 13.3. The van der Waals surface area contributed by atoms with E-state index in [1.807, 2.05) is 0 Å². The molecule has 0 aliphatic heterocycles. The van der Waals surface area contributed by atoms with Gasteiger partial charge in [0.2, 0.25) is 0 Å². The highest BCUT2D eigenvalue weighted by Crippen LogP contribution is 2.38. The van der Waals surface area contributed by atoms with Gasteiger partial charge in [0.05, 0.1) is 0 Å². The first-order valence-corrected chi connectivity index (χ1v) is 8.12. The van der Waals surface area contributed by atoms with Crippen LogP contribution in [-0.4, -0.2) is 36.6 Å². The Balaban J connectivity index is 2.97. The number of rotatable bonds is 8. The summed E-state index contributed by atoms with van der Waals surface area (Å²) in [5, 5.41) is 3.69. The van der Waals surface area contributed by atoms with Crippen LogP contribution in [0, 0.1) is 5.92 Å². The minimum atomic E-state index is 0.354. The molecule has 1 saturated carbocycles. The lowest BCUT2D eigenvalue weighted by Crippen LogP contribution is -2.62. The van der Waals surface area contributed by atoms with Crippen molar-refractivity contribution in [1.82, 2.24) is 10.2 Å². The van der Waals surface area contributed by atoms with Crippen molar-refractivity contribution < 1.29 is 0 Å². The third-order valence-corrected chi connectivity index (χ3v) is 5.38. The van der Waals surface area contributed by atoms with Crippen LogP contribution in [0.5, 0.6) is 0 Å². The Morgan fingerprint density at radius 2 is 1.56 bits per heavy atom. The largest absolute Gasteiger partial charge is 0.315 e. The normalized spacial score (nSPS) is 19.7. The molecule has 0 spiro atoms. The summed E-state index contributed by atoms with van der Waals surface area (Å²) in [7, 11) is 2.17. The van der Waals surface area contributed by atoms with Crippen molar-refractivity contribution in [3.8, 4) is 0 Å². The average Bonchev–Trinajstić information content (AvgIpc) is 2.92. The number of hydrogen-bond donors (Lipinski definition) is 1. The predicted molar refractivity (Wildman–Crippen MR) is 81.0 cm³/mol. The summed E-state index contributed by atoms with van der Waals surface area (Å²) in [6.45, 7) is 11.7. The smallest absolute Gasteiger partial charge is 0.0359 e. The Hall–Kier alpha value is -0.0800. The van der Waals surface area contributed by atoms with Crippen molar-refractivity contribution in [1.29, 1.82) is 0 Å². The Morgan fingerprint density at radius 1 is 1.06 bits per heavy atom. The van der Waals surface area contributed by atoms with Gasteiger partial charge in [-0.3, -0.25) is 4.90 Å². The fraction of sp³-hybridized carbons (Fsp3) is 1.00. The molecule has 0 saturated heterocycles. The van der Waals surface area contributed by atoms with E-state index in [0.717, 1.165) is 5.92 Å². The Kier molecular flexibility index (Phi) is 6.65. The first kappa shape index (κ1) is 16.0. The average molecular weight is 254 g/mol. The van der Waals surface area contributed by atoms with Gasteiger partial charge in [0.1, 0.15) is 0 Å². The summed E-state index contributed by atoms with van der Waals surface area (Å²) in [5.41, 5.74) is 0.354. The third kappa shape index (κ3) is 2.91. The van der Waals surface area contributed by atoms with Gasteiger partial charge in [-0.25, -0.2) is 0 Å². The number of nitrogens with one attached hydrogen (secondary N) is 1. The molecule has 2 nitrogen and oxygen atoms in total. The van der Waals surface area contributed by atoms with Gasteiger partial charge in [-0.05, 0) is 51.7 Å². The summed E-state index contributed by atoms with van der Waals surface area (Å²) in [5.74, 6) is 0.885. The topological polar surface area (TPSA) is 15.3 Å². The third-order valence-electron chi connectivity index (χ3n) is 5.38. The number of likely N-dealkylation sites (N-methyl/N-ethyl adjacent to an activating group) is 2. The standard InChI is InChI=1S/C16H34N2/c1-6-16(7-2,18(8-3)9-4)15(17-5)14-12-10-11-13-14/h14-15,17H,6-13H2,1-5H3. The molecule has 0 radical (unpaired) electrons. The zero-order chi connectivity index (χ0) is 13.6. The van der Waals surface area contributed by atoms with Crippen molar-refractivity contribution in [2.75, 3.05) is 20.1 Å². The van der Waals surface area contributed by atoms with Gasteiger partial charge in [0, 0.05) is 11.6 Å². The van der Waals surface area contributed by atoms with Gasteiger partial charge in [0.15, 0.2) is 0 Å². The fourth-order valence-corrected chi connectivity index (χ4v) is 4.42. The maximum Gasteiger partial charge on any atom is 0.0359 e. The highest BCUT2D eigenvalue weighted by atomic mass is 15.2. The van der Waals surface area contributed by atoms with E-state index in [0.29, 0.717) is 11.6 Å². The predicted octanol–water partition coefficient (Wildman–Crippen LogP) is 3.67. The summed E-state index contributed by atoms with van der Waals surface area (Å²) < 4.78 is 0. The number of nitrogens with zero attached hydrogens (tertiary/aromatic N) is 1. The lowest BCUT2D eigenvalue weighted by atomic mass is 9.75. The van der Waals surface area contributed by atoms with Gasteiger partial charge in [-0.15, -0.1) is 0 Å². The van der Waals surface area contributed by atoms with Crippen LogP contribution in [0.4, 0.5) is 0 Å². The molecular formula is C16H34N2. The van der Waals surface area contributed by atoms with E-state index in [1.54, 1.807) is 0 Å². The van der Waals surface area contributed by atoms with Crippen LogP contribution in [-0.2, 0) is 0 Å². The molecular weight excluding hydrogens is 220 g/mol. The van der Waals surface area contributed by atoms with E-state index < -0.39 is 0 Å². The van der Waals surface area contributed by atoms with Crippen LogP contribution in [0.1, 0.15) is 66.2 Å². The van der Waals surface area contributed by atoms with Crippen molar-refractivity contribution in [2.24, 2.45) is 5.92 Å². The summed E-state index contributed by atoms with van der Waals surface area (Å²) >= 11 is 0. The first-order valence-electron chi connectivity index (χ1n) is 8.12. The highest BCUT2D eigenvalue weighted by Gasteiger charge is 2.43. The van der Waals surface area contributed by atoms with Crippen LogP contribution in [0.3, 0.4) is 0 Å². The second-order valence-corrected chi connectivity index (χ2v) is 5.79. The van der Waals surface area contributed by atoms with Crippen LogP contribution in [0.25, 0.3) is 0 Å². The molecule has 0 aromatic carbocycles. The van der Waals surface area contributed by atoms with E-state index >= 15 is 0 Å². The van der Waals surface area contributed by atoms with Crippen LogP contribution >= 0.6 is 0 Å². The lowest BCUT2D eigenvalue weighted by molar-refractivity contribution is 0.0303. The molecule has 18 heavy (non-hydrogen) atoms.